The monoisotopic (exact) mass is 304 g/mol. The van der Waals surface area contributed by atoms with Crippen LogP contribution in [0.4, 0.5) is 4.79 Å². The van der Waals surface area contributed by atoms with E-state index >= 15 is 0 Å². The van der Waals surface area contributed by atoms with Crippen LogP contribution in [0.2, 0.25) is 0 Å². The molecule has 2 aliphatic rings. The first-order chi connectivity index (χ1) is 10.7. The summed E-state index contributed by atoms with van der Waals surface area (Å²) >= 11 is 0. The lowest BCUT2D eigenvalue weighted by Gasteiger charge is -2.22. The van der Waals surface area contributed by atoms with E-state index in [-0.39, 0.29) is 11.6 Å². The van der Waals surface area contributed by atoms with E-state index in [9.17, 15) is 9.59 Å². The third-order valence-corrected chi connectivity index (χ3v) is 4.47. The molecule has 0 saturated heterocycles. The third-order valence-electron chi connectivity index (χ3n) is 4.47. The molecule has 0 atom stereocenters. The zero-order valence-electron chi connectivity index (χ0n) is 12.9. The van der Waals surface area contributed by atoms with Crippen molar-refractivity contribution in [2.45, 2.75) is 63.5 Å². The lowest BCUT2D eigenvalue weighted by molar-refractivity contribution is 0.232. The van der Waals surface area contributed by atoms with Crippen molar-refractivity contribution >= 4 is 6.03 Å². The van der Waals surface area contributed by atoms with Crippen molar-refractivity contribution in [3.05, 3.63) is 28.4 Å². The van der Waals surface area contributed by atoms with E-state index in [1.807, 2.05) is 0 Å². The molecule has 1 heterocycles. The molecule has 120 valence electrons. The van der Waals surface area contributed by atoms with Crippen molar-refractivity contribution in [2.75, 3.05) is 6.54 Å². The van der Waals surface area contributed by atoms with Crippen LogP contribution in [0.5, 0.6) is 0 Å². The van der Waals surface area contributed by atoms with Crippen LogP contribution >= 0.6 is 0 Å². The summed E-state index contributed by atoms with van der Waals surface area (Å²) in [5.41, 5.74) is 0.871. The Morgan fingerprint density at radius 2 is 2.00 bits per heavy atom. The number of rotatable bonds is 5. The molecular weight excluding hydrogens is 280 g/mol. The SMILES string of the molecule is O=C(NCCn1cnc(C2CC2)cc1=O)NC1CCCCC1. The summed E-state index contributed by atoms with van der Waals surface area (Å²) in [5, 5.41) is 5.82. The standard InChI is InChI=1S/C16H24N4O2/c21-15-10-14(12-6-7-12)18-11-20(15)9-8-17-16(22)19-13-4-2-1-3-5-13/h10-13H,1-9H2,(H2,17,19,22). The normalized spacial score (nSPS) is 18.9. The van der Waals surface area contributed by atoms with Gasteiger partial charge < -0.3 is 10.6 Å². The Kier molecular flexibility index (Phi) is 4.75. The molecule has 2 aliphatic carbocycles. The first kappa shape index (κ1) is 15.1. The van der Waals surface area contributed by atoms with Gasteiger partial charge in [-0.2, -0.15) is 0 Å². The molecular formula is C16H24N4O2. The minimum absolute atomic E-state index is 0.0358. The van der Waals surface area contributed by atoms with Gasteiger partial charge in [0.1, 0.15) is 0 Å². The van der Waals surface area contributed by atoms with Crippen LogP contribution in [0.3, 0.4) is 0 Å². The van der Waals surface area contributed by atoms with Crippen LogP contribution in [0.1, 0.15) is 56.6 Å². The fraction of sp³-hybridized carbons (Fsp3) is 0.688. The van der Waals surface area contributed by atoms with E-state index in [1.54, 1.807) is 17.0 Å². The topological polar surface area (TPSA) is 76.0 Å². The van der Waals surface area contributed by atoms with Crippen LogP contribution in [-0.2, 0) is 6.54 Å². The highest BCUT2D eigenvalue weighted by atomic mass is 16.2. The van der Waals surface area contributed by atoms with E-state index in [4.69, 9.17) is 0 Å². The second-order valence-corrected chi connectivity index (χ2v) is 6.35. The summed E-state index contributed by atoms with van der Waals surface area (Å²) < 4.78 is 1.55. The first-order valence-electron chi connectivity index (χ1n) is 8.33. The number of carbonyl (C=O) groups excluding carboxylic acids is 1. The molecule has 0 aromatic carbocycles. The van der Waals surface area contributed by atoms with E-state index in [2.05, 4.69) is 15.6 Å². The maximum Gasteiger partial charge on any atom is 0.315 e. The number of amides is 2. The largest absolute Gasteiger partial charge is 0.336 e. The van der Waals surface area contributed by atoms with E-state index in [1.165, 1.54) is 19.3 Å². The van der Waals surface area contributed by atoms with Crippen molar-refractivity contribution in [2.24, 2.45) is 0 Å². The molecule has 0 radical (unpaired) electrons. The van der Waals surface area contributed by atoms with E-state index in [0.29, 0.717) is 25.0 Å². The van der Waals surface area contributed by atoms with Gasteiger partial charge in [-0.25, -0.2) is 9.78 Å². The smallest absolute Gasteiger partial charge is 0.315 e. The van der Waals surface area contributed by atoms with Crippen LogP contribution < -0.4 is 16.2 Å². The lowest BCUT2D eigenvalue weighted by Crippen LogP contribution is -2.44. The predicted octanol–water partition coefficient (Wildman–Crippen LogP) is 1.75. The Labute approximate surface area is 130 Å². The number of urea groups is 1. The van der Waals surface area contributed by atoms with Gasteiger partial charge in [0.25, 0.3) is 5.56 Å². The first-order valence-corrected chi connectivity index (χ1v) is 8.33. The molecule has 2 fully saturated rings. The number of hydrogen-bond donors (Lipinski definition) is 2. The van der Waals surface area contributed by atoms with Gasteiger partial charge >= 0.3 is 6.03 Å². The molecule has 3 rings (SSSR count). The number of carbonyl (C=O) groups is 1. The molecule has 6 heteroatoms. The summed E-state index contributed by atoms with van der Waals surface area (Å²) in [6, 6.07) is 1.79. The molecule has 22 heavy (non-hydrogen) atoms. The fourth-order valence-corrected chi connectivity index (χ4v) is 2.98. The Hall–Kier alpha value is -1.85. The summed E-state index contributed by atoms with van der Waals surface area (Å²) in [7, 11) is 0. The van der Waals surface area contributed by atoms with Gasteiger partial charge in [0.15, 0.2) is 0 Å². The second-order valence-electron chi connectivity index (χ2n) is 6.35. The summed E-state index contributed by atoms with van der Waals surface area (Å²) in [6.45, 7) is 0.887. The van der Waals surface area contributed by atoms with E-state index < -0.39 is 0 Å². The minimum Gasteiger partial charge on any atom is -0.336 e. The number of hydrogen-bond acceptors (Lipinski definition) is 3. The van der Waals surface area contributed by atoms with Crippen LogP contribution in [0.15, 0.2) is 17.2 Å². The van der Waals surface area contributed by atoms with Crippen LogP contribution in [0.25, 0.3) is 0 Å². The van der Waals surface area contributed by atoms with Crippen LogP contribution in [-0.4, -0.2) is 28.2 Å². The van der Waals surface area contributed by atoms with Gasteiger partial charge in [0.2, 0.25) is 0 Å². The molecule has 2 amide bonds. The molecule has 0 unspecified atom stereocenters. The minimum atomic E-state index is -0.137. The Bertz CT molecular complexity index is 574. The Morgan fingerprint density at radius 3 is 2.68 bits per heavy atom. The van der Waals surface area contributed by atoms with Crippen LogP contribution in [0, 0.1) is 0 Å². The van der Waals surface area contributed by atoms with Crippen molar-refractivity contribution < 1.29 is 4.79 Å². The molecule has 0 aliphatic heterocycles. The summed E-state index contributed by atoms with van der Waals surface area (Å²) in [5.74, 6) is 0.488. The average molecular weight is 304 g/mol. The quantitative estimate of drug-likeness (QED) is 0.870. The lowest BCUT2D eigenvalue weighted by atomic mass is 9.96. The predicted molar refractivity (Wildman–Crippen MR) is 83.9 cm³/mol. The molecule has 2 N–H and O–H groups in total. The van der Waals surface area contributed by atoms with Gasteiger partial charge in [0, 0.05) is 31.1 Å². The fourth-order valence-electron chi connectivity index (χ4n) is 2.98. The summed E-state index contributed by atoms with van der Waals surface area (Å²) in [6.07, 6.45) is 9.67. The summed E-state index contributed by atoms with van der Waals surface area (Å²) in [4.78, 5) is 28.1. The number of aromatic nitrogens is 2. The molecule has 1 aromatic rings. The molecule has 2 saturated carbocycles. The highest BCUT2D eigenvalue weighted by molar-refractivity contribution is 5.74. The number of nitrogens with one attached hydrogen (secondary N) is 2. The van der Waals surface area contributed by atoms with Crippen molar-refractivity contribution in [1.82, 2.24) is 20.2 Å². The maximum absolute atomic E-state index is 12.0. The van der Waals surface area contributed by atoms with Gasteiger partial charge in [0.05, 0.1) is 12.0 Å². The van der Waals surface area contributed by atoms with Crippen molar-refractivity contribution in [1.29, 1.82) is 0 Å². The molecule has 0 spiro atoms. The average Bonchev–Trinajstić information content (AvgIpc) is 3.34. The molecule has 0 bridgehead atoms. The Morgan fingerprint density at radius 1 is 1.23 bits per heavy atom. The highest BCUT2D eigenvalue weighted by Crippen LogP contribution is 2.38. The maximum atomic E-state index is 12.0. The van der Waals surface area contributed by atoms with E-state index in [0.717, 1.165) is 31.4 Å². The van der Waals surface area contributed by atoms with Gasteiger partial charge in [-0.15, -0.1) is 0 Å². The van der Waals surface area contributed by atoms with Gasteiger partial charge in [-0.05, 0) is 25.7 Å². The number of nitrogens with zero attached hydrogens (tertiary/aromatic N) is 2. The third kappa shape index (κ3) is 4.08. The van der Waals surface area contributed by atoms with Crippen molar-refractivity contribution in [3.8, 4) is 0 Å². The van der Waals surface area contributed by atoms with Gasteiger partial charge in [-0.3, -0.25) is 9.36 Å². The Balaban J connectivity index is 1.42. The molecule has 1 aromatic heterocycles. The highest BCUT2D eigenvalue weighted by Gasteiger charge is 2.25. The molecule has 6 nitrogen and oxygen atoms in total. The van der Waals surface area contributed by atoms with Gasteiger partial charge in [-0.1, -0.05) is 19.3 Å². The second kappa shape index (κ2) is 6.94. The zero-order valence-corrected chi connectivity index (χ0v) is 12.9. The zero-order chi connectivity index (χ0) is 15.4. The van der Waals surface area contributed by atoms with Crippen molar-refractivity contribution in [3.63, 3.8) is 0 Å².